The summed E-state index contributed by atoms with van der Waals surface area (Å²) in [6.07, 6.45) is 2.85. The minimum atomic E-state index is 0.588. The third-order valence-electron chi connectivity index (χ3n) is 3.12. The first-order chi connectivity index (χ1) is 7.88. The Morgan fingerprint density at radius 1 is 1.50 bits per heavy atom. The van der Waals surface area contributed by atoms with Gasteiger partial charge in [-0.2, -0.15) is 0 Å². The standard InChI is InChI=1S/C11H14N4S/c1-12-8-2-4-15(6-8)11-10-9(3-5-16-10)13-7-14-11/h3,5,7-8,12H,2,4,6H2,1H3. The van der Waals surface area contributed by atoms with Crippen LogP contribution in [-0.4, -0.2) is 36.1 Å². The maximum absolute atomic E-state index is 4.43. The van der Waals surface area contributed by atoms with Gasteiger partial charge in [-0.3, -0.25) is 0 Å². The van der Waals surface area contributed by atoms with Crippen LogP contribution in [0.15, 0.2) is 17.8 Å². The Hall–Kier alpha value is -1.20. The lowest BCUT2D eigenvalue weighted by atomic mass is 10.3. The van der Waals surface area contributed by atoms with E-state index in [9.17, 15) is 0 Å². The molecule has 5 heteroatoms. The highest BCUT2D eigenvalue weighted by molar-refractivity contribution is 7.17. The molecule has 1 N–H and O–H groups in total. The van der Waals surface area contributed by atoms with E-state index >= 15 is 0 Å². The van der Waals surface area contributed by atoms with Crippen molar-refractivity contribution in [3.63, 3.8) is 0 Å². The van der Waals surface area contributed by atoms with Crippen LogP contribution in [0.5, 0.6) is 0 Å². The van der Waals surface area contributed by atoms with E-state index in [-0.39, 0.29) is 0 Å². The molecule has 3 rings (SSSR count). The third kappa shape index (κ3) is 1.56. The van der Waals surface area contributed by atoms with E-state index in [1.54, 1.807) is 17.7 Å². The lowest BCUT2D eigenvalue weighted by Crippen LogP contribution is -2.29. The SMILES string of the molecule is CNC1CCN(c2ncnc3ccsc23)C1. The van der Waals surface area contributed by atoms with Crippen LogP contribution in [-0.2, 0) is 0 Å². The summed E-state index contributed by atoms with van der Waals surface area (Å²) in [6.45, 7) is 2.12. The molecule has 3 heterocycles. The second-order valence-corrected chi connectivity index (χ2v) is 4.97. The summed E-state index contributed by atoms with van der Waals surface area (Å²) in [5.41, 5.74) is 1.06. The smallest absolute Gasteiger partial charge is 0.150 e. The van der Waals surface area contributed by atoms with Gasteiger partial charge in [0.2, 0.25) is 0 Å². The van der Waals surface area contributed by atoms with Crippen LogP contribution >= 0.6 is 11.3 Å². The molecule has 0 spiro atoms. The van der Waals surface area contributed by atoms with Crippen molar-refractivity contribution in [3.8, 4) is 0 Å². The number of fused-ring (bicyclic) bond motifs is 1. The molecule has 1 aliphatic heterocycles. The Labute approximate surface area is 98.3 Å². The van der Waals surface area contributed by atoms with Gasteiger partial charge in [0.25, 0.3) is 0 Å². The molecule has 1 saturated heterocycles. The fourth-order valence-electron chi connectivity index (χ4n) is 2.19. The highest BCUT2D eigenvalue weighted by Gasteiger charge is 2.23. The van der Waals surface area contributed by atoms with Crippen LogP contribution in [0.2, 0.25) is 0 Å². The van der Waals surface area contributed by atoms with Crippen molar-refractivity contribution in [1.29, 1.82) is 0 Å². The zero-order valence-corrected chi connectivity index (χ0v) is 10.00. The number of anilines is 1. The molecule has 16 heavy (non-hydrogen) atoms. The molecular formula is C11H14N4S. The summed E-state index contributed by atoms with van der Waals surface area (Å²) in [7, 11) is 2.02. The average Bonchev–Trinajstić information content (AvgIpc) is 2.97. The molecule has 2 aromatic rings. The summed E-state index contributed by atoms with van der Waals surface area (Å²) < 4.78 is 1.21. The fourth-order valence-corrected chi connectivity index (χ4v) is 3.05. The largest absolute Gasteiger partial charge is 0.354 e. The molecule has 1 fully saturated rings. The average molecular weight is 234 g/mol. The fraction of sp³-hybridized carbons (Fsp3) is 0.455. The van der Waals surface area contributed by atoms with Gasteiger partial charge in [-0.1, -0.05) is 0 Å². The van der Waals surface area contributed by atoms with E-state index in [0.717, 1.165) is 24.4 Å². The molecule has 2 aromatic heterocycles. The lowest BCUT2D eigenvalue weighted by molar-refractivity contribution is 0.616. The van der Waals surface area contributed by atoms with Crippen molar-refractivity contribution in [1.82, 2.24) is 15.3 Å². The first-order valence-corrected chi connectivity index (χ1v) is 6.37. The van der Waals surface area contributed by atoms with Crippen molar-refractivity contribution >= 4 is 27.4 Å². The van der Waals surface area contributed by atoms with Gasteiger partial charge in [0, 0.05) is 19.1 Å². The summed E-state index contributed by atoms with van der Waals surface area (Å²) in [5.74, 6) is 1.10. The van der Waals surface area contributed by atoms with Crippen molar-refractivity contribution in [2.24, 2.45) is 0 Å². The van der Waals surface area contributed by atoms with Gasteiger partial charge in [-0.25, -0.2) is 9.97 Å². The zero-order chi connectivity index (χ0) is 11.0. The number of nitrogens with zero attached hydrogens (tertiary/aromatic N) is 3. The minimum absolute atomic E-state index is 0.588. The number of likely N-dealkylation sites (N-methyl/N-ethyl adjacent to an activating group) is 1. The Kier molecular flexibility index (Phi) is 2.49. The molecule has 84 valence electrons. The molecule has 0 radical (unpaired) electrons. The Balaban J connectivity index is 1.97. The van der Waals surface area contributed by atoms with Crippen molar-refractivity contribution in [2.75, 3.05) is 25.0 Å². The predicted molar refractivity (Wildman–Crippen MR) is 67.1 cm³/mol. The van der Waals surface area contributed by atoms with Crippen molar-refractivity contribution < 1.29 is 0 Å². The molecule has 1 unspecified atom stereocenters. The second kappa shape index (κ2) is 3.99. The van der Waals surface area contributed by atoms with Gasteiger partial charge in [0.15, 0.2) is 0 Å². The van der Waals surface area contributed by atoms with Crippen LogP contribution in [0.1, 0.15) is 6.42 Å². The van der Waals surface area contributed by atoms with E-state index in [1.165, 1.54) is 11.1 Å². The van der Waals surface area contributed by atoms with Crippen molar-refractivity contribution in [3.05, 3.63) is 17.8 Å². The zero-order valence-electron chi connectivity index (χ0n) is 9.18. The lowest BCUT2D eigenvalue weighted by Gasteiger charge is -2.17. The Morgan fingerprint density at radius 3 is 3.25 bits per heavy atom. The highest BCUT2D eigenvalue weighted by Crippen LogP contribution is 2.29. The van der Waals surface area contributed by atoms with E-state index < -0.39 is 0 Å². The number of hydrogen-bond donors (Lipinski definition) is 1. The van der Waals surface area contributed by atoms with Crippen LogP contribution in [0, 0.1) is 0 Å². The van der Waals surface area contributed by atoms with Gasteiger partial charge >= 0.3 is 0 Å². The first kappa shape index (κ1) is 9.99. The van der Waals surface area contributed by atoms with Gasteiger partial charge < -0.3 is 10.2 Å². The van der Waals surface area contributed by atoms with E-state index in [4.69, 9.17) is 0 Å². The monoisotopic (exact) mass is 234 g/mol. The topological polar surface area (TPSA) is 41.0 Å². The normalized spacial score (nSPS) is 20.8. The molecule has 1 atom stereocenters. The quantitative estimate of drug-likeness (QED) is 0.854. The summed E-state index contributed by atoms with van der Waals surface area (Å²) in [4.78, 5) is 11.0. The molecule has 0 amide bonds. The minimum Gasteiger partial charge on any atom is -0.354 e. The van der Waals surface area contributed by atoms with E-state index in [0.29, 0.717) is 6.04 Å². The highest BCUT2D eigenvalue weighted by atomic mass is 32.1. The van der Waals surface area contributed by atoms with Crippen LogP contribution in [0.25, 0.3) is 10.2 Å². The maximum atomic E-state index is 4.43. The Bertz CT molecular complexity index is 495. The van der Waals surface area contributed by atoms with Crippen LogP contribution in [0.4, 0.5) is 5.82 Å². The summed E-state index contributed by atoms with van der Waals surface area (Å²) in [6, 6.07) is 2.64. The molecular weight excluding hydrogens is 220 g/mol. The van der Waals surface area contributed by atoms with Crippen LogP contribution in [0.3, 0.4) is 0 Å². The van der Waals surface area contributed by atoms with E-state index in [2.05, 4.69) is 31.6 Å². The van der Waals surface area contributed by atoms with Crippen LogP contribution < -0.4 is 10.2 Å². The first-order valence-electron chi connectivity index (χ1n) is 5.49. The Morgan fingerprint density at radius 2 is 2.44 bits per heavy atom. The number of thiophene rings is 1. The number of aromatic nitrogens is 2. The molecule has 0 bridgehead atoms. The molecule has 0 saturated carbocycles. The van der Waals surface area contributed by atoms with Gasteiger partial charge in [-0.15, -0.1) is 11.3 Å². The van der Waals surface area contributed by atoms with Crippen molar-refractivity contribution in [2.45, 2.75) is 12.5 Å². The third-order valence-corrected chi connectivity index (χ3v) is 4.02. The van der Waals surface area contributed by atoms with Gasteiger partial charge in [0.05, 0.1) is 10.2 Å². The van der Waals surface area contributed by atoms with Gasteiger partial charge in [-0.05, 0) is 24.9 Å². The predicted octanol–water partition coefficient (Wildman–Crippen LogP) is 1.49. The molecule has 4 nitrogen and oxygen atoms in total. The number of nitrogens with one attached hydrogen (secondary N) is 1. The maximum Gasteiger partial charge on any atom is 0.150 e. The summed E-state index contributed by atoms with van der Waals surface area (Å²) >= 11 is 1.72. The molecule has 0 aliphatic carbocycles. The second-order valence-electron chi connectivity index (χ2n) is 4.05. The van der Waals surface area contributed by atoms with Gasteiger partial charge in [0.1, 0.15) is 12.1 Å². The number of rotatable bonds is 2. The summed E-state index contributed by atoms with van der Waals surface area (Å²) in [5, 5.41) is 5.40. The molecule has 1 aliphatic rings. The van der Waals surface area contributed by atoms with E-state index in [1.807, 2.05) is 7.05 Å². The number of hydrogen-bond acceptors (Lipinski definition) is 5. The molecule has 0 aromatic carbocycles.